The summed E-state index contributed by atoms with van der Waals surface area (Å²) in [5.41, 5.74) is 1.57. The number of hydrogen-bond donors (Lipinski definition) is 0. The zero-order valence-electron chi connectivity index (χ0n) is 15.1. The average Bonchev–Trinajstić information content (AvgIpc) is 2.54. The van der Waals surface area contributed by atoms with Crippen molar-refractivity contribution in [3.8, 4) is 0 Å². The molecule has 0 radical (unpaired) electrons. The van der Waals surface area contributed by atoms with E-state index in [2.05, 4.69) is 16.5 Å². The fraction of sp³-hybridized carbons (Fsp3) is 0.474. The van der Waals surface area contributed by atoms with Gasteiger partial charge in [0.2, 0.25) is 0 Å². The van der Waals surface area contributed by atoms with Crippen LogP contribution < -0.4 is 0 Å². The lowest BCUT2D eigenvalue weighted by molar-refractivity contribution is 0.0168. The van der Waals surface area contributed by atoms with E-state index in [9.17, 15) is 4.79 Å². The first-order valence-electron chi connectivity index (χ1n) is 8.29. The predicted octanol–water partition coefficient (Wildman–Crippen LogP) is 3.52. The van der Waals surface area contributed by atoms with Crippen molar-refractivity contribution in [2.75, 3.05) is 26.2 Å². The van der Waals surface area contributed by atoms with Gasteiger partial charge in [0.15, 0.2) is 0 Å². The first kappa shape index (κ1) is 18.0. The van der Waals surface area contributed by atoms with Crippen LogP contribution in [0.5, 0.6) is 0 Å². The maximum Gasteiger partial charge on any atom is 0.410 e. The van der Waals surface area contributed by atoms with Gasteiger partial charge in [-0.25, -0.2) is 9.79 Å². The van der Waals surface area contributed by atoms with E-state index in [1.165, 1.54) is 0 Å². The second kappa shape index (κ2) is 7.51. The van der Waals surface area contributed by atoms with Crippen LogP contribution in [0.25, 0.3) is 0 Å². The number of rotatable bonds is 3. The number of piperazine rings is 1. The number of carbonyl (C=O) groups is 1. The van der Waals surface area contributed by atoms with Crippen LogP contribution in [0.1, 0.15) is 33.3 Å². The summed E-state index contributed by atoms with van der Waals surface area (Å²) in [4.78, 5) is 20.5. The molecular formula is C19H27N3O2. The molecule has 130 valence electrons. The highest BCUT2D eigenvalue weighted by Gasteiger charge is 2.26. The molecule has 2 rings (SSSR count). The maximum absolute atomic E-state index is 12.1. The second-order valence-electron chi connectivity index (χ2n) is 6.93. The second-order valence-corrected chi connectivity index (χ2v) is 6.93. The van der Waals surface area contributed by atoms with E-state index in [4.69, 9.17) is 4.74 Å². The quantitative estimate of drug-likeness (QED) is 0.797. The summed E-state index contributed by atoms with van der Waals surface area (Å²) >= 11 is 0. The van der Waals surface area contributed by atoms with Crippen LogP contribution in [0.2, 0.25) is 0 Å². The lowest BCUT2D eigenvalue weighted by Gasteiger charge is -2.36. The molecule has 1 saturated heterocycles. The first-order valence-corrected chi connectivity index (χ1v) is 8.29. The number of benzene rings is 1. The molecule has 0 bridgehead atoms. The average molecular weight is 329 g/mol. The molecule has 0 aromatic heterocycles. The van der Waals surface area contributed by atoms with E-state index in [0.717, 1.165) is 17.1 Å². The van der Waals surface area contributed by atoms with Gasteiger partial charge in [0, 0.05) is 31.9 Å². The third-order valence-electron chi connectivity index (χ3n) is 3.78. The van der Waals surface area contributed by atoms with Crippen LogP contribution in [0.4, 0.5) is 4.79 Å². The van der Waals surface area contributed by atoms with Crippen molar-refractivity contribution >= 4 is 11.8 Å². The van der Waals surface area contributed by atoms with Crippen molar-refractivity contribution in [3.05, 3.63) is 48.3 Å². The Bertz CT molecular complexity index is 609. The lowest BCUT2D eigenvalue weighted by Crippen LogP contribution is -2.49. The number of aliphatic imine (C=N–C) groups is 1. The van der Waals surface area contributed by atoms with E-state index in [1.54, 1.807) is 4.90 Å². The standard InChI is InChI=1S/C19H27N3O2/c1-15(17-9-7-6-8-10-17)20-16(2)21-11-13-22(14-12-21)18(23)24-19(3,4)5/h6-10H,2,11-14H2,1,3-5H3. The monoisotopic (exact) mass is 329 g/mol. The minimum absolute atomic E-state index is 0.253. The zero-order chi connectivity index (χ0) is 17.7. The summed E-state index contributed by atoms with van der Waals surface area (Å²) < 4.78 is 5.41. The summed E-state index contributed by atoms with van der Waals surface area (Å²) in [7, 11) is 0. The number of hydrogen-bond acceptors (Lipinski definition) is 4. The van der Waals surface area contributed by atoms with Crippen LogP contribution in [-0.2, 0) is 4.74 Å². The highest BCUT2D eigenvalue weighted by molar-refractivity contribution is 5.99. The molecule has 0 spiro atoms. The fourth-order valence-electron chi connectivity index (χ4n) is 2.48. The molecule has 1 amide bonds. The topological polar surface area (TPSA) is 45.1 Å². The van der Waals surface area contributed by atoms with Gasteiger partial charge in [-0.3, -0.25) is 0 Å². The molecule has 1 aliphatic heterocycles. The summed E-state index contributed by atoms with van der Waals surface area (Å²) in [6, 6.07) is 10.0. The van der Waals surface area contributed by atoms with E-state index in [-0.39, 0.29) is 6.09 Å². The van der Waals surface area contributed by atoms with Gasteiger partial charge >= 0.3 is 6.09 Å². The van der Waals surface area contributed by atoms with Gasteiger partial charge in [-0.1, -0.05) is 36.9 Å². The Morgan fingerprint density at radius 2 is 1.62 bits per heavy atom. The molecule has 0 unspecified atom stereocenters. The third-order valence-corrected chi connectivity index (χ3v) is 3.78. The molecule has 0 aliphatic carbocycles. The minimum Gasteiger partial charge on any atom is -0.444 e. The highest BCUT2D eigenvalue weighted by Crippen LogP contribution is 2.15. The van der Waals surface area contributed by atoms with Gasteiger partial charge in [-0.2, -0.15) is 0 Å². The molecule has 0 atom stereocenters. The molecule has 0 saturated carbocycles. The Hall–Kier alpha value is -2.30. The lowest BCUT2D eigenvalue weighted by atomic mass is 10.1. The van der Waals surface area contributed by atoms with Crippen molar-refractivity contribution in [1.29, 1.82) is 0 Å². The molecule has 1 aromatic rings. The minimum atomic E-state index is -0.463. The first-order chi connectivity index (χ1) is 11.3. The SMILES string of the molecule is C=C(N=C(C)c1ccccc1)N1CCN(C(=O)OC(C)(C)C)CC1. The van der Waals surface area contributed by atoms with Crippen LogP contribution in [-0.4, -0.2) is 53.4 Å². The van der Waals surface area contributed by atoms with Gasteiger partial charge in [-0.15, -0.1) is 0 Å². The predicted molar refractivity (Wildman–Crippen MR) is 97.2 cm³/mol. The van der Waals surface area contributed by atoms with Crippen molar-refractivity contribution in [2.45, 2.75) is 33.3 Å². The molecule has 24 heavy (non-hydrogen) atoms. The number of nitrogens with zero attached hydrogens (tertiary/aromatic N) is 3. The molecule has 1 fully saturated rings. The van der Waals surface area contributed by atoms with Gasteiger partial charge in [0.25, 0.3) is 0 Å². The van der Waals surface area contributed by atoms with Crippen LogP contribution >= 0.6 is 0 Å². The van der Waals surface area contributed by atoms with Crippen LogP contribution in [0.3, 0.4) is 0 Å². The third kappa shape index (κ3) is 5.11. The number of carbonyl (C=O) groups excluding carboxylic acids is 1. The summed E-state index contributed by atoms with van der Waals surface area (Å²) in [6.45, 7) is 14.4. The Morgan fingerprint density at radius 3 is 2.17 bits per heavy atom. The fourth-order valence-corrected chi connectivity index (χ4v) is 2.48. The summed E-state index contributed by atoms with van der Waals surface area (Å²) in [5, 5.41) is 0. The molecule has 1 aromatic carbocycles. The molecule has 5 nitrogen and oxygen atoms in total. The molecular weight excluding hydrogens is 302 g/mol. The molecule has 1 aliphatic rings. The number of ether oxygens (including phenoxy) is 1. The maximum atomic E-state index is 12.1. The van der Waals surface area contributed by atoms with Crippen LogP contribution in [0, 0.1) is 0 Å². The summed E-state index contributed by atoms with van der Waals surface area (Å²) in [5.74, 6) is 0.736. The summed E-state index contributed by atoms with van der Waals surface area (Å²) in [6.07, 6.45) is -0.253. The Labute approximate surface area is 144 Å². The zero-order valence-corrected chi connectivity index (χ0v) is 15.1. The van der Waals surface area contributed by atoms with Crippen molar-refractivity contribution < 1.29 is 9.53 Å². The van der Waals surface area contributed by atoms with E-state index in [0.29, 0.717) is 26.2 Å². The van der Waals surface area contributed by atoms with Crippen LogP contribution in [0.15, 0.2) is 47.7 Å². The Kier molecular flexibility index (Phi) is 5.65. The number of amides is 1. The van der Waals surface area contributed by atoms with E-state index in [1.807, 2.05) is 58.0 Å². The van der Waals surface area contributed by atoms with Gasteiger partial charge in [0.05, 0.1) is 0 Å². The largest absolute Gasteiger partial charge is 0.444 e. The van der Waals surface area contributed by atoms with E-state index < -0.39 is 5.60 Å². The smallest absolute Gasteiger partial charge is 0.410 e. The Morgan fingerprint density at radius 1 is 1.08 bits per heavy atom. The van der Waals surface area contributed by atoms with Gasteiger partial charge in [0.1, 0.15) is 11.4 Å². The van der Waals surface area contributed by atoms with Gasteiger partial charge < -0.3 is 14.5 Å². The van der Waals surface area contributed by atoms with Gasteiger partial charge in [-0.05, 0) is 33.3 Å². The van der Waals surface area contributed by atoms with E-state index >= 15 is 0 Å². The van der Waals surface area contributed by atoms with Crippen molar-refractivity contribution in [2.24, 2.45) is 4.99 Å². The van der Waals surface area contributed by atoms with Crippen molar-refractivity contribution in [1.82, 2.24) is 9.80 Å². The Balaban J connectivity index is 1.90. The molecule has 5 heteroatoms. The molecule has 0 N–H and O–H groups in total. The normalized spacial score (nSPS) is 16.1. The van der Waals surface area contributed by atoms with Crippen molar-refractivity contribution in [3.63, 3.8) is 0 Å². The molecule has 1 heterocycles. The highest BCUT2D eigenvalue weighted by atomic mass is 16.6.